The van der Waals surface area contributed by atoms with Crippen molar-refractivity contribution in [3.8, 4) is 11.3 Å². The molecule has 0 amide bonds. The van der Waals surface area contributed by atoms with Gasteiger partial charge in [0.1, 0.15) is 0 Å². The Kier molecular flexibility index (Phi) is 12.3. The number of carbonyl (C=O) groups is 1. The van der Waals surface area contributed by atoms with Crippen molar-refractivity contribution in [3.63, 3.8) is 0 Å². The molecule has 1 atom stereocenters. The second-order valence-corrected chi connectivity index (χ2v) is 20.5. The van der Waals surface area contributed by atoms with E-state index in [1.807, 2.05) is 19.1 Å². The molecule has 0 bridgehead atoms. The molecule has 5 heteroatoms. The smallest absolute Gasteiger partial charge is 0.310 e. The SMILES string of the molecule is CCOC(=O)Cc1ccc(-c2ccc(C(CC)(CC)c3ccc(CCC(O[Si](C)(C)C(C)(C)C)C(C)(C)C)c(C)c3)cc2C)nc1. The number of aryl methyl sites for hydroxylation is 3. The molecule has 0 fully saturated rings. The van der Waals surface area contributed by atoms with Gasteiger partial charge in [0.05, 0.1) is 24.8 Å². The summed E-state index contributed by atoms with van der Waals surface area (Å²) in [7, 11) is -1.87. The first-order valence-electron chi connectivity index (χ1n) is 17.4. The summed E-state index contributed by atoms with van der Waals surface area (Å²) in [6, 6.07) is 18.0. The molecule has 1 unspecified atom stereocenters. The van der Waals surface area contributed by atoms with Crippen molar-refractivity contribution in [2.75, 3.05) is 6.61 Å². The largest absolute Gasteiger partial charge is 0.466 e. The summed E-state index contributed by atoms with van der Waals surface area (Å²) < 4.78 is 12.1. The van der Waals surface area contributed by atoms with Gasteiger partial charge >= 0.3 is 5.97 Å². The van der Waals surface area contributed by atoms with Crippen LogP contribution in [0.25, 0.3) is 11.3 Å². The maximum absolute atomic E-state index is 11.9. The van der Waals surface area contributed by atoms with E-state index in [4.69, 9.17) is 14.1 Å². The predicted octanol–water partition coefficient (Wildman–Crippen LogP) is 10.9. The number of carbonyl (C=O) groups excluding carboxylic acids is 1. The molecular weight excluding hydrogens is 583 g/mol. The molecule has 0 spiro atoms. The summed E-state index contributed by atoms with van der Waals surface area (Å²) in [5.41, 5.74) is 9.65. The van der Waals surface area contributed by atoms with Crippen LogP contribution in [0.15, 0.2) is 54.7 Å². The Bertz CT molecular complexity index is 1460. The molecule has 3 rings (SSSR count). The minimum absolute atomic E-state index is 0.0666. The molecule has 2 aromatic carbocycles. The lowest BCUT2D eigenvalue weighted by molar-refractivity contribution is -0.142. The molecule has 1 aromatic heterocycles. The molecule has 0 saturated heterocycles. The number of esters is 1. The number of rotatable bonds is 13. The summed E-state index contributed by atoms with van der Waals surface area (Å²) >= 11 is 0. The van der Waals surface area contributed by atoms with Gasteiger partial charge in [-0.05, 0) is 109 Å². The van der Waals surface area contributed by atoms with Crippen LogP contribution in [-0.4, -0.2) is 32.0 Å². The van der Waals surface area contributed by atoms with Crippen LogP contribution in [-0.2, 0) is 32.2 Å². The number of benzene rings is 2. The summed E-state index contributed by atoms with van der Waals surface area (Å²) in [5, 5.41) is 0.195. The third kappa shape index (κ3) is 8.77. The first-order valence-corrected chi connectivity index (χ1v) is 20.3. The molecule has 0 aliphatic heterocycles. The van der Waals surface area contributed by atoms with Crippen molar-refractivity contribution in [2.45, 2.75) is 138 Å². The van der Waals surface area contributed by atoms with E-state index in [-0.39, 0.29) is 34.4 Å². The summed E-state index contributed by atoms with van der Waals surface area (Å²) in [4.78, 5) is 16.6. The molecule has 0 aliphatic carbocycles. The lowest BCUT2D eigenvalue weighted by atomic mass is 9.69. The zero-order valence-corrected chi connectivity index (χ0v) is 32.2. The Morgan fingerprint density at radius 3 is 1.93 bits per heavy atom. The minimum atomic E-state index is -1.87. The molecule has 0 radical (unpaired) electrons. The van der Waals surface area contributed by atoms with Gasteiger partial charge in [0, 0.05) is 17.2 Å². The molecule has 46 heavy (non-hydrogen) atoms. The van der Waals surface area contributed by atoms with Crippen molar-refractivity contribution >= 4 is 14.3 Å². The van der Waals surface area contributed by atoms with Crippen LogP contribution in [0.4, 0.5) is 0 Å². The van der Waals surface area contributed by atoms with Crippen molar-refractivity contribution in [2.24, 2.45) is 5.41 Å². The van der Waals surface area contributed by atoms with Crippen molar-refractivity contribution in [1.82, 2.24) is 4.98 Å². The molecule has 0 N–H and O–H groups in total. The fourth-order valence-corrected chi connectivity index (χ4v) is 7.85. The average molecular weight is 644 g/mol. The van der Waals surface area contributed by atoms with Gasteiger partial charge in [0.2, 0.25) is 0 Å². The van der Waals surface area contributed by atoms with E-state index in [2.05, 4.69) is 119 Å². The predicted molar refractivity (Wildman–Crippen MR) is 197 cm³/mol. The highest BCUT2D eigenvalue weighted by atomic mass is 28.4. The van der Waals surface area contributed by atoms with E-state index in [0.29, 0.717) is 6.61 Å². The van der Waals surface area contributed by atoms with Gasteiger partial charge in [-0.3, -0.25) is 9.78 Å². The zero-order chi connectivity index (χ0) is 34.5. The van der Waals surface area contributed by atoms with E-state index >= 15 is 0 Å². The normalized spacial score (nSPS) is 13.5. The number of hydrogen-bond acceptors (Lipinski definition) is 4. The molecule has 0 saturated carbocycles. The summed E-state index contributed by atoms with van der Waals surface area (Å²) in [6.45, 7) is 30.0. The topological polar surface area (TPSA) is 48.4 Å². The second-order valence-electron chi connectivity index (χ2n) is 15.8. The molecule has 252 valence electrons. The van der Waals surface area contributed by atoms with Gasteiger partial charge in [-0.15, -0.1) is 0 Å². The minimum Gasteiger partial charge on any atom is -0.466 e. The Morgan fingerprint density at radius 2 is 1.46 bits per heavy atom. The maximum Gasteiger partial charge on any atom is 0.310 e. The third-order valence-electron chi connectivity index (χ3n) is 10.5. The van der Waals surface area contributed by atoms with E-state index in [0.717, 1.165) is 42.5 Å². The number of nitrogens with zero attached hydrogens (tertiary/aromatic N) is 1. The fraction of sp³-hybridized carbons (Fsp3) is 0.561. The van der Waals surface area contributed by atoms with E-state index in [1.165, 1.54) is 27.8 Å². The second kappa shape index (κ2) is 15.0. The van der Waals surface area contributed by atoms with Crippen LogP contribution in [0, 0.1) is 19.3 Å². The first-order chi connectivity index (χ1) is 21.4. The first kappa shape index (κ1) is 37.7. The Hall–Kier alpha value is -2.76. The summed E-state index contributed by atoms with van der Waals surface area (Å²) in [6.07, 6.45) is 6.35. The Morgan fingerprint density at radius 1 is 0.848 bits per heavy atom. The monoisotopic (exact) mass is 643 g/mol. The van der Waals surface area contributed by atoms with Gasteiger partial charge in [-0.2, -0.15) is 0 Å². The van der Waals surface area contributed by atoms with Crippen molar-refractivity contribution in [3.05, 3.63) is 88.1 Å². The van der Waals surface area contributed by atoms with Gasteiger partial charge in [-0.1, -0.05) is 97.9 Å². The van der Waals surface area contributed by atoms with Crippen LogP contribution < -0.4 is 0 Å². The van der Waals surface area contributed by atoms with E-state index in [1.54, 1.807) is 6.20 Å². The number of aromatic nitrogens is 1. The van der Waals surface area contributed by atoms with Gasteiger partial charge < -0.3 is 9.16 Å². The molecule has 0 aliphatic rings. The average Bonchev–Trinajstić information content (AvgIpc) is 2.96. The number of hydrogen-bond donors (Lipinski definition) is 0. The van der Waals surface area contributed by atoms with Crippen LogP contribution in [0.1, 0.15) is 115 Å². The van der Waals surface area contributed by atoms with E-state index < -0.39 is 8.32 Å². The maximum atomic E-state index is 11.9. The standard InChI is InChI=1S/C41H61NO3Si/c1-14-41(15-2,34-21-22-35(30(5)26-34)36-23-17-31(28-42-36)27-38(43)44-16-3)33-20-18-32(29(4)25-33)19-24-37(39(6,7)8)45-46(12,13)40(9,10)11/h17-18,20-23,25-26,28,37H,14-16,19,24,27H2,1-13H3. The van der Waals surface area contributed by atoms with Gasteiger partial charge in [0.15, 0.2) is 8.32 Å². The van der Waals surface area contributed by atoms with Gasteiger partial charge in [0.25, 0.3) is 0 Å². The Labute approximate surface area is 281 Å². The van der Waals surface area contributed by atoms with Crippen LogP contribution >= 0.6 is 0 Å². The van der Waals surface area contributed by atoms with Crippen LogP contribution in [0.5, 0.6) is 0 Å². The van der Waals surface area contributed by atoms with Crippen molar-refractivity contribution < 1.29 is 14.0 Å². The Balaban J connectivity index is 1.86. The van der Waals surface area contributed by atoms with Crippen LogP contribution in [0.3, 0.4) is 0 Å². The lowest BCUT2D eigenvalue weighted by Crippen LogP contribution is -2.47. The van der Waals surface area contributed by atoms with Crippen molar-refractivity contribution in [1.29, 1.82) is 0 Å². The molecule has 3 aromatic rings. The third-order valence-corrected chi connectivity index (χ3v) is 15.0. The highest BCUT2D eigenvalue weighted by Crippen LogP contribution is 2.42. The highest BCUT2D eigenvalue weighted by molar-refractivity contribution is 6.74. The zero-order valence-electron chi connectivity index (χ0n) is 31.2. The highest BCUT2D eigenvalue weighted by Gasteiger charge is 2.41. The fourth-order valence-electron chi connectivity index (χ4n) is 6.31. The van der Waals surface area contributed by atoms with E-state index in [9.17, 15) is 4.79 Å². The number of ether oxygens (including phenoxy) is 1. The summed E-state index contributed by atoms with van der Waals surface area (Å²) in [5.74, 6) is -0.221. The van der Waals surface area contributed by atoms with Crippen LogP contribution in [0.2, 0.25) is 18.1 Å². The number of pyridine rings is 1. The molecule has 1 heterocycles. The lowest BCUT2D eigenvalue weighted by Gasteiger charge is -2.43. The molecular formula is C41H61NO3Si. The molecule has 4 nitrogen and oxygen atoms in total. The quantitative estimate of drug-likeness (QED) is 0.137. The van der Waals surface area contributed by atoms with Gasteiger partial charge in [-0.25, -0.2) is 0 Å².